The molecule has 0 saturated carbocycles. The highest BCUT2D eigenvalue weighted by Crippen LogP contribution is 2.19. The van der Waals surface area contributed by atoms with Gasteiger partial charge in [-0.15, -0.1) is 0 Å². The Balaban J connectivity index is 2.39. The molecule has 0 aliphatic carbocycles. The zero-order valence-corrected chi connectivity index (χ0v) is 11.4. The zero-order chi connectivity index (χ0) is 12.4. The molecule has 17 heavy (non-hydrogen) atoms. The van der Waals surface area contributed by atoms with Crippen molar-refractivity contribution in [2.24, 2.45) is 0 Å². The van der Waals surface area contributed by atoms with Gasteiger partial charge in [-0.05, 0) is 31.5 Å². The van der Waals surface area contributed by atoms with Gasteiger partial charge < -0.3 is 0 Å². The molecular weight excluding hydrogens is 280 g/mol. The van der Waals surface area contributed by atoms with E-state index in [4.69, 9.17) is 0 Å². The number of carbonyl (C=O) groups is 1. The second kappa shape index (κ2) is 4.84. The van der Waals surface area contributed by atoms with Crippen LogP contribution in [0.4, 0.5) is 0 Å². The van der Waals surface area contributed by atoms with E-state index in [9.17, 15) is 4.79 Å². The van der Waals surface area contributed by atoms with Crippen LogP contribution in [0.2, 0.25) is 0 Å². The largest absolute Gasteiger partial charge is 0.288 e. The minimum Gasteiger partial charge on any atom is -0.288 e. The highest BCUT2D eigenvalue weighted by molar-refractivity contribution is 9.10. The Morgan fingerprint density at radius 1 is 1.47 bits per heavy atom. The molecule has 0 aliphatic rings. The van der Waals surface area contributed by atoms with Crippen LogP contribution >= 0.6 is 15.9 Å². The fraction of sp³-hybridized carbons (Fsp3) is 0.231. The predicted molar refractivity (Wildman–Crippen MR) is 70.2 cm³/mol. The number of hydrogen-bond donors (Lipinski definition) is 0. The van der Waals surface area contributed by atoms with Gasteiger partial charge in [0.15, 0.2) is 5.78 Å². The van der Waals surface area contributed by atoms with Crippen LogP contribution in [0.15, 0.2) is 35.1 Å². The molecular formula is C13H13BrN2O. The summed E-state index contributed by atoms with van der Waals surface area (Å²) >= 11 is 3.38. The standard InChI is InChI=1S/C13H13BrN2O/c1-3-16-8-10(7-15-16)13(17)12-6-11(14)5-4-9(12)2/h4-8H,3H2,1-2H3. The van der Waals surface area contributed by atoms with Crippen molar-refractivity contribution in [2.45, 2.75) is 20.4 Å². The Labute approximate surface area is 109 Å². The number of benzene rings is 1. The number of aryl methyl sites for hydroxylation is 2. The van der Waals surface area contributed by atoms with Crippen molar-refractivity contribution in [3.63, 3.8) is 0 Å². The Kier molecular flexibility index (Phi) is 3.43. The molecule has 0 spiro atoms. The third-order valence-corrected chi connectivity index (χ3v) is 3.16. The third-order valence-electron chi connectivity index (χ3n) is 2.66. The molecule has 0 unspecified atom stereocenters. The normalized spacial score (nSPS) is 10.5. The van der Waals surface area contributed by atoms with E-state index in [0.29, 0.717) is 5.56 Å². The average molecular weight is 293 g/mol. The molecule has 3 nitrogen and oxygen atoms in total. The quantitative estimate of drug-likeness (QED) is 0.814. The molecule has 0 atom stereocenters. The number of carbonyl (C=O) groups excluding carboxylic acids is 1. The molecule has 0 amide bonds. The van der Waals surface area contributed by atoms with Crippen molar-refractivity contribution >= 4 is 21.7 Å². The van der Waals surface area contributed by atoms with Gasteiger partial charge in [-0.2, -0.15) is 5.10 Å². The smallest absolute Gasteiger partial charge is 0.196 e. The van der Waals surface area contributed by atoms with Crippen LogP contribution in [-0.2, 0) is 6.54 Å². The van der Waals surface area contributed by atoms with E-state index in [0.717, 1.165) is 22.1 Å². The Morgan fingerprint density at radius 2 is 2.24 bits per heavy atom. The average Bonchev–Trinajstić information content (AvgIpc) is 2.80. The molecule has 2 aromatic rings. The van der Waals surface area contributed by atoms with E-state index < -0.39 is 0 Å². The zero-order valence-electron chi connectivity index (χ0n) is 9.77. The minimum atomic E-state index is 0.0171. The summed E-state index contributed by atoms with van der Waals surface area (Å²) in [7, 11) is 0. The molecule has 0 N–H and O–H groups in total. The van der Waals surface area contributed by atoms with Crippen LogP contribution in [-0.4, -0.2) is 15.6 Å². The summed E-state index contributed by atoms with van der Waals surface area (Å²) in [6.07, 6.45) is 3.40. The van der Waals surface area contributed by atoms with Gasteiger partial charge in [0.25, 0.3) is 0 Å². The van der Waals surface area contributed by atoms with Crippen LogP contribution in [0.3, 0.4) is 0 Å². The molecule has 0 radical (unpaired) electrons. The summed E-state index contributed by atoms with van der Waals surface area (Å²) in [5.74, 6) is 0.0171. The molecule has 0 saturated heterocycles. The van der Waals surface area contributed by atoms with Crippen LogP contribution in [0, 0.1) is 6.92 Å². The summed E-state index contributed by atoms with van der Waals surface area (Å²) in [5, 5.41) is 4.12. The van der Waals surface area contributed by atoms with Crippen LogP contribution in [0.25, 0.3) is 0 Å². The monoisotopic (exact) mass is 292 g/mol. The second-order valence-electron chi connectivity index (χ2n) is 3.87. The Hall–Kier alpha value is -1.42. The van der Waals surface area contributed by atoms with Crippen LogP contribution in [0.5, 0.6) is 0 Å². The second-order valence-corrected chi connectivity index (χ2v) is 4.79. The lowest BCUT2D eigenvalue weighted by Crippen LogP contribution is -2.02. The van der Waals surface area contributed by atoms with Crippen molar-refractivity contribution in [3.05, 3.63) is 51.8 Å². The third kappa shape index (κ3) is 2.47. The maximum atomic E-state index is 12.3. The van der Waals surface area contributed by atoms with E-state index in [1.165, 1.54) is 0 Å². The number of rotatable bonds is 3. The summed E-state index contributed by atoms with van der Waals surface area (Å²) in [6, 6.07) is 5.71. The van der Waals surface area contributed by atoms with Crippen molar-refractivity contribution < 1.29 is 4.79 Å². The molecule has 0 aliphatic heterocycles. The van der Waals surface area contributed by atoms with E-state index in [-0.39, 0.29) is 5.78 Å². The number of halogens is 1. The molecule has 88 valence electrons. The fourth-order valence-corrected chi connectivity index (χ4v) is 2.01. The highest BCUT2D eigenvalue weighted by atomic mass is 79.9. The van der Waals surface area contributed by atoms with E-state index in [2.05, 4.69) is 21.0 Å². The van der Waals surface area contributed by atoms with Gasteiger partial charge in [-0.25, -0.2) is 0 Å². The number of nitrogens with zero attached hydrogens (tertiary/aromatic N) is 2. The molecule has 1 heterocycles. The first-order chi connectivity index (χ1) is 8.11. The lowest BCUT2D eigenvalue weighted by Gasteiger charge is -2.03. The van der Waals surface area contributed by atoms with Crippen molar-refractivity contribution in [1.29, 1.82) is 0 Å². The summed E-state index contributed by atoms with van der Waals surface area (Å²) in [5.41, 5.74) is 2.32. The van der Waals surface area contributed by atoms with Gasteiger partial charge in [-0.1, -0.05) is 22.0 Å². The van der Waals surface area contributed by atoms with Crippen molar-refractivity contribution in [1.82, 2.24) is 9.78 Å². The lowest BCUT2D eigenvalue weighted by atomic mass is 10.0. The fourth-order valence-electron chi connectivity index (χ4n) is 1.65. The molecule has 1 aromatic heterocycles. The van der Waals surface area contributed by atoms with E-state index >= 15 is 0 Å². The first kappa shape index (κ1) is 12.0. The van der Waals surface area contributed by atoms with Crippen LogP contribution in [0.1, 0.15) is 28.4 Å². The number of aromatic nitrogens is 2. The van der Waals surface area contributed by atoms with E-state index in [1.807, 2.05) is 32.0 Å². The number of hydrogen-bond acceptors (Lipinski definition) is 2. The van der Waals surface area contributed by atoms with Gasteiger partial charge >= 0.3 is 0 Å². The predicted octanol–water partition coefficient (Wildman–Crippen LogP) is 3.20. The van der Waals surface area contributed by atoms with Gasteiger partial charge in [0.2, 0.25) is 0 Å². The van der Waals surface area contributed by atoms with Crippen LogP contribution < -0.4 is 0 Å². The topological polar surface area (TPSA) is 34.9 Å². The maximum absolute atomic E-state index is 12.3. The summed E-state index contributed by atoms with van der Waals surface area (Å²) in [4.78, 5) is 12.3. The first-order valence-corrected chi connectivity index (χ1v) is 6.24. The summed E-state index contributed by atoms with van der Waals surface area (Å²) < 4.78 is 2.66. The minimum absolute atomic E-state index is 0.0171. The first-order valence-electron chi connectivity index (χ1n) is 5.45. The summed E-state index contributed by atoms with van der Waals surface area (Å²) in [6.45, 7) is 4.69. The van der Waals surface area contributed by atoms with E-state index in [1.54, 1.807) is 17.1 Å². The maximum Gasteiger partial charge on any atom is 0.196 e. The van der Waals surface area contributed by atoms with Gasteiger partial charge in [-0.3, -0.25) is 9.48 Å². The molecule has 2 rings (SSSR count). The lowest BCUT2D eigenvalue weighted by molar-refractivity contribution is 0.103. The Bertz CT molecular complexity index is 560. The van der Waals surface area contributed by atoms with Gasteiger partial charge in [0.05, 0.1) is 11.8 Å². The molecule has 0 bridgehead atoms. The molecule has 4 heteroatoms. The number of ketones is 1. The molecule has 1 aromatic carbocycles. The molecule has 0 fully saturated rings. The Morgan fingerprint density at radius 3 is 2.88 bits per heavy atom. The van der Waals surface area contributed by atoms with Gasteiger partial charge in [0.1, 0.15) is 0 Å². The van der Waals surface area contributed by atoms with Gasteiger partial charge in [0, 0.05) is 22.8 Å². The SMILES string of the molecule is CCn1cc(C(=O)c2cc(Br)ccc2C)cn1. The van der Waals surface area contributed by atoms with Crippen molar-refractivity contribution in [2.75, 3.05) is 0 Å². The highest BCUT2D eigenvalue weighted by Gasteiger charge is 2.13. The van der Waals surface area contributed by atoms with Crippen molar-refractivity contribution in [3.8, 4) is 0 Å².